The van der Waals surface area contributed by atoms with E-state index in [4.69, 9.17) is 4.74 Å². The van der Waals surface area contributed by atoms with Gasteiger partial charge in [0, 0.05) is 23.6 Å². The Morgan fingerprint density at radius 3 is 2.04 bits per heavy atom. The summed E-state index contributed by atoms with van der Waals surface area (Å²) in [5, 5.41) is 6.22. The summed E-state index contributed by atoms with van der Waals surface area (Å²) in [5.41, 5.74) is 3.28. The lowest BCUT2D eigenvalue weighted by atomic mass is 9.76. The fraction of sp³-hybridized carbons (Fsp3) is 0.682. The van der Waals surface area contributed by atoms with Gasteiger partial charge in [-0.3, -0.25) is 4.79 Å². The van der Waals surface area contributed by atoms with E-state index >= 15 is 0 Å². The number of rotatable bonds is 7. The molecule has 4 nitrogen and oxygen atoms in total. The number of hydrogen-bond donors (Lipinski definition) is 2. The highest BCUT2D eigenvalue weighted by atomic mass is 16.5. The lowest BCUT2D eigenvalue weighted by Crippen LogP contribution is -2.43. The van der Waals surface area contributed by atoms with E-state index in [1.54, 1.807) is 7.11 Å². The second-order valence-corrected chi connectivity index (χ2v) is 9.17. The van der Waals surface area contributed by atoms with Crippen LogP contribution in [-0.4, -0.2) is 39.6 Å². The summed E-state index contributed by atoms with van der Waals surface area (Å²) in [7, 11) is 5.39. The van der Waals surface area contributed by atoms with Gasteiger partial charge < -0.3 is 15.4 Å². The van der Waals surface area contributed by atoms with Gasteiger partial charge in [0.25, 0.3) is 0 Å². The molecule has 0 saturated carbocycles. The van der Waals surface area contributed by atoms with Crippen LogP contribution in [0.4, 0.5) is 0 Å². The summed E-state index contributed by atoms with van der Waals surface area (Å²) in [6.45, 7) is 15.8. The summed E-state index contributed by atoms with van der Waals surface area (Å²) in [6, 6.07) is 4.17. The van der Waals surface area contributed by atoms with Crippen molar-refractivity contribution in [3.8, 4) is 5.75 Å². The van der Waals surface area contributed by atoms with Gasteiger partial charge in [-0.2, -0.15) is 0 Å². The zero-order chi connectivity index (χ0) is 20.3. The summed E-state index contributed by atoms with van der Waals surface area (Å²) in [6.07, 6.45) is 0. The van der Waals surface area contributed by atoms with E-state index in [9.17, 15) is 4.79 Å². The van der Waals surface area contributed by atoms with Gasteiger partial charge >= 0.3 is 0 Å². The van der Waals surface area contributed by atoms with Crippen LogP contribution in [0, 0.1) is 0 Å². The van der Waals surface area contributed by atoms with E-state index in [2.05, 4.69) is 64.3 Å². The van der Waals surface area contributed by atoms with Crippen molar-refractivity contribution in [3.05, 3.63) is 28.8 Å². The normalized spacial score (nSPS) is 14.8. The number of nitrogens with one attached hydrogen (secondary N) is 2. The third-order valence-electron chi connectivity index (χ3n) is 4.99. The first-order valence-corrected chi connectivity index (χ1v) is 9.47. The van der Waals surface area contributed by atoms with Crippen molar-refractivity contribution in [2.24, 2.45) is 0 Å². The molecule has 0 aliphatic rings. The molecule has 1 aromatic carbocycles. The lowest BCUT2D eigenvalue weighted by molar-refractivity contribution is -0.122. The molecule has 0 aliphatic carbocycles. The molecule has 0 amide bonds. The van der Waals surface area contributed by atoms with Crippen LogP contribution in [0.5, 0.6) is 5.75 Å². The number of methoxy groups -OCH3 is 1. The van der Waals surface area contributed by atoms with Crippen LogP contribution in [0.3, 0.4) is 0 Å². The number of hydrogen-bond acceptors (Lipinski definition) is 4. The molecule has 0 aromatic heterocycles. The van der Waals surface area contributed by atoms with E-state index in [0.29, 0.717) is 6.54 Å². The van der Waals surface area contributed by atoms with Gasteiger partial charge in [0.15, 0.2) is 5.78 Å². The van der Waals surface area contributed by atoms with E-state index in [0.717, 1.165) is 16.9 Å². The Morgan fingerprint density at radius 2 is 1.65 bits per heavy atom. The van der Waals surface area contributed by atoms with E-state index in [1.807, 2.05) is 21.0 Å². The minimum Gasteiger partial charge on any atom is -0.496 e. The number of Topliss-reactive ketones (excluding diaryl/α,β-unsaturated/α-hetero) is 1. The largest absolute Gasteiger partial charge is 0.496 e. The molecule has 2 atom stereocenters. The van der Waals surface area contributed by atoms with E-state index < -0.39 is 0 Å². The third-order valence-corrected chi connectivity index (χ3v) is 4.99. The Bertz CT molecular complexity index is 624. The first kappa shape index (κ1) is 22.7. The predicted octanol–water partition coefficient (Wildman–Crippen LogP) is 3.77. The number of ketones is 1. The van der Waals surface area contributed by atoms with Crippen LogP contribution >= 0.6 is 0 Å². The highest BCUT2D eigenvalue weighted by Crippen LogP contribution is 2.41. The van der Waals surface area contributed by atoms with Crippen LogP contribution in [-0.2, 0) is 15.6 Å². The smallest absolute Gasteiger partial charge is 0.158 e. The molecule has 0 saturated heterocycles. The van der Waals surface area contributed by atoms with Crippen molar-refractivity contribution in [3.63, 3.8) is 0 Å². The second kappa shape index (κ2) is 8.53. The van der Waals surface area contributed by atoms with Crippen molar-refractivity contribution in [1.29, 1.82) is 0 Å². The quantitative estimate of drug-likeness (QED) is 0.775. The van der Waals surface area contributed by atoms with Gasteiger partial charge in [-0.15, -0.1) is 0 Å². The minimum absolute atomic E-state index is 0.00281. The summed E-state index contributed by atoms with van der Waals surface area (Å²) in [5.74, 6) is 0.760. The molecule has 2 unspecified atom stereocenters. The fourth-order valence-corrected chi connectivity index (χ4v) is 3.19. The molecular weight excluding hydrogens is 324 g/mol. The molecule has 0 aliphatic heterocycles. The summed E-state index contributed by atoms with van der Waals surface area (Å²) >= 11 is 0. The molecule has 26 heavy (non-hydrogen) atoms. The zero-order valence-corrected chi connectivity index (χ0v) is 18.3. The van der Waals surface area contributed by atoms with Crippen molar-refractivity contribution in [1.82, 2.24) is 10.6 Å². The highest BCUT2D eigenvalue weighted by Gasteiger charge is 2.31. The molecule has 148 valence electrons. The van der Waals surface area contributed by atoms with Crippen LogP contribution in [0.1, 0.15) is 71.1 Å². The fourth-order valence-electron chi connectivity index (χ4n) is 3.19. The van der Waals surface area contributed by atoms with Crippen molar-refractivity contribution in [2.75, 3.05) is 27.7 Å². The van der Waals surface area contributed by atoms with E-state index in [-0.39, 0.29) is 28.6 Å². The van der Waals surface area contributed by atoms with Gasteiger partial charge in [-0.25, -0.2) is 0 Å². The number of carbonyl (C=O) groups excluding carboxylic acids is 1. The monoisotopic (exact) mass is 362 g/mol. The molecular formula is C22H38N2O2. The van der Waals surface area contributed by atoms with Crippen LogP contribution < -0.4 is 15.4 Å². The van der Waals surface area contributed by atoms with Gasteiger partial charge in [0.05, 0.1) is 13.2 Å². The second-order valence-electron chi connectivity index (χ2n) is 9.17. The standard InChI is InChI=1S/C22H38N2O2/c1-14(19(25)18(24-9)13-23-8)16-11-15(21(2,3)4)12-17(20(16)26-10)22(5,6)7/h11-12,14,18,23-24H,13H2,1-10H3. The molecule has 0 fully saturated rings. The Balaban J connectivity index is 3.60. The maximum atomic E-state index is 13.1. The number of benzene rings is 1. The van der Waals surface area contributed by atoms with Gasteiger partial charge in [-0.1, -0.05) is 60.6 Å². The maximum absolute atomic E-state index is 13.1. The first-order chi connectivity index (χ1) is 11.9. The molecule has 1 aromatic rings. The van der Waals surface area contributed by atoms with Crippen LogP contribution in [0.25, 0.3) is 0 Å². The average Bonchev–Trinajstić information content (AvgIpc) is 2.55. The van der Waals surface area contributed by atoms with Gasteiger partial charge in [-0.05, 0) is 30.5 Å². The Labute approximate surface area is 160 Å². The molecule has 4 heteroatoms. The number of likely N-dealkylation sites (N-methyl/N-ethyl adjacent to an activating group) is 2. The zero-order valence-electron chi connectivity index (χ0n) is 18.3. The SMILES string of the molecule is CNCC(NC)C(=O)C(C)c1cc(C(C)(C)C)cc(C(C)(C)C)c1OC. The minimum atomic E-state index is -0.251. The predicted molar refractivity (Wildman–Crippen MR) is 111 cm³/mol. The van der Waals surface area contributed by atoms with Crippen LogP contribution in [0.2, 0.25) is 0 Å². The molecule has 2 N–H and O–H groups in total. The molecule has 0 bridgehead atoms. The Morgan fingerprint density at radius 1 is 1.08 bits per heavy atom. The lowest BCUT2D eigenvalue weighted by Gasteiger charge is -2.30. The highest BCUT2D eigenvalue weighted by molar-refractivity contribution is 5.91. The summed E-state index contributed by atoms with van der Waals surface area (Å²) < 4.78 is 5.83. The Hall–Kier alpha value is -1.39. The van der Waals surface area contributed by atoms with Gasteiger partial charge in [0.2, 0.25) is 0 Å². The van der Waals surface area contributed by atoms with Crippen molar-refractivity contribution < 1.29 is 9.53 Å². The van der Waals surface area contributed by atoms with E-state index in [1.165, 1.54) is 5.56 Å². The molecule has 1 rings (SSSR count). The number of carbonyl (C=O) groups is 1. The van der Waals surface area contributed by atoms with Gasteiger partial charge in [0.1, 0.15) is 5.75 Å². The first-order valence-electron chi connectivity index (χ1n) is 9.47. The molecule has 0 heterocycles. The average molecular weight is 363 g/mol. The topological polar surface area (TPSA) is 50.4 Å². The molecule has 0 spiro atoms. The number of ether oxygens (including phenoxy) is 1. The maximum Gasteiger partial charge on any atom is 0.158 e. The summed E-state index contributed by atoms with van der Waals surface area (Å²) in [4.78, 5) is 13.1. The van der Waals surface area contributed by atoms with Crippen molar-refractivity contribution >= 4 is 5.78 Å². The Kier molecular flexibility index (Phi) is 7.43. The third kappa shape index (κ3) is 5.08. The van der Waals surface area contributed by atoms with Crippen LogP contribution in [0.15, 0.2) is 12.1 Å². The van der Waals surface area contributed by atoms with Crippen molar-refractivity contribution in [2.45, 2.75) is 71.3 Å². The molecule has 0 radical (unpaired) electrons.